The Bertz CT molecular complexity index is 688. The first kappa shape index (κ1) is 18.6. The van der Waals surface area contributed by atoms with Crippen LogP contribution in [0.2, 0.25) is 0 Å². The monoisotopic (exact) mass is 353 g/mol. The van der Waals surface area contributed by atoms with Gasteiger partial charge in [0.05, 0.1) is 18.8 Å². The van der Waals surface area contributed by atoms with Crippen LogP contribution in [0.15, 0.2) is 18.2 Å². The van der Waals surface area contributed by atoms with Gasteiger partial charge in [0.15, 0.2) is 11.5 Å². The van der Waals surface area contributed by atoms with Gasteiger partial charge in [-0.05, 0) is 31.5 Å². The summed E-state index contributed by atoms with van der Waals surface area (Å²) in [4.78, 5) is 0. The lowest BCUT2D eigenvalue weighted by Gasteiger charge is -2.19. The molecule has 6 nitrogen and oxygen atoms in total. The lowest BCUT2D eigenvalue weighted by molar-refractivity contribution is 0.171. The van der Waals surface area contributed by atoms with E-state index in [-0.39, 0.29) is 19.0 Å². The van der Waals surface area contributed by atoms with Crippen LogP contribution in [0, 0.1) is 13.8 Å². The summed E-state index contributed by atoms with van der Waals surface area (Å²) < 4.78 is 13.0. The number of rotatable bonds is 6. The van der Waals surface area contributed by atoms with Gasteiger partial charge in [0.2, 0.25) is 0 Å². The largest absolute Gasteiger partial charge is 0.486 e. The van der Waals surface area contributed by atoms with Crippen LogP contribution in [-0.2, 0) is 19.6 Å². The Morgan fingerprint density at radius 3 is 2.67 bits per heavy atom. The number of hydrogen-bond acceptors (Lipinski definition) is 5. The molecule has 1 aromatic carbocycles. The summed E-state index contributed by atoms with van der Waals surface area (Å²) in [5, 5.41) is 17.0. The van der Waals surface area contributed by atoms with Crippen molar-refractivity contribution in [2.45, 2.75) is 33.5 Å². The number of nitrogens with one attached hydrogen (secondary N) is 1. The SMILES string of the molecule is Cc1nn(CCO)c(C)c1CNCc1ccc2c(c1)OCCO2.Cl. The number of benzene rings is 1. The van der Waals surface area contributed by atoms with Crippen LogP contribution in [0.3, 0.4) is 0 Å². The number of halogens is 1. The molecule has 2 heterocycles. The van der Waals surface area contributed by atoms with Crippen molar-refractivity contribution in [3.8, 4) is 11.5 Å². The topological polar surface area (TPSA) is 68.5 Å². The van der Waals surface area contributed by atoms with E-state index >= 15 is 0 Å². The van der Waals surface area contributed by atoms with Crippen LogP contribution in [0.25, 0.3) is 0 Å². The highest BCUT2D eigenvalue weighted by Crippen LogP contribution is 2.30. The third-order valence-corrected chi connectivity index (χ3v) is 4.08. The molecule has 2 N–H and O–H groups in total. The molecule has 1 aliphatic heterocycles. The van der Waals surface area contributed by atoms with Crippen LogP contribution in [0.1, 0.15) is 22.5 Å². The average Bonchev–Trinajstić information content (AvgIpc) is 2.82. The summed E-state index contributed by atoms with van der Waals surface area (Å²) in [6, 6.07) is 6.03. The number of hydrogen-bond donors (Lipinski definition) is 2. The molecule has 0 aliphatic carbocycles. The molecule has 1 aromatic heterocycles. The fraction of sp³-hybridized carbons (Fsp3) is 0.471. The molecule has 0 amide bonds. The first-order valence-electron chi connectivity index (χ1n) is 7.92. The molecule has 3 rings (SSSR count). The molecule has 24 heavy (non-hydrogen) atoms. The van der Waals surface area contributed by atoms with Gasteiger partial charge in [-0.1, -0.05) is 6.07 Å². The highest BCUT2D eigenvalue weighted by atomic mass is 35.5. The van der Waals surface area contributed by atoms with Crippen molar-refractivity contribution in [2.24, 2.45) is 0 Å². The second-order valence-electron chi connectivity index (χ2n) is 5.68. The molecule has 132 valence electrons. The Kier molecular flexibility index (Phi) is 6.48. The van der Waals surface area contributed by atoms with Gasteiger partial charge >= 0.3 is 0 Å². The van der Waals surface area contributed by atoms with Gasteiger partial charge in [-0.3, -0.25) is 4.68 Å². The van der Waals surface area contributed by atoms with Crippen molar-refractivity contribution < 1.29 is 14.6 Å². The van der Waals surface area contributed by atoms with E-state index in [0.29, 0.717) is 19.8 Å². The minimum absolute atomic E-state index is 0. The lowest BCUT2D eigenvalue weighted by atomic mass is 10.1. The maximum Gasteiger partial charge on any atom is 0.161 e. The Labute approximate surface area is 148 Å². The number of nitrogens with zero attached hydrogens (tertiary/aromatic N) is 2. The van der Waals surface area contributed by atoms with E-state index in [1.165, 1.54) is 5.56 Å². The number of fused-ring (bicyclic) bond motifs is 1. The van der Waals surface area contributed by atoms with E-state index in [1.54, 1.807) is 0 Å². The van der Waals surface area contributed by atoms with E-state index in [1.807, 2.05) is 30.7 Å². The number of aryl methyl sites for hydroxylation is 1. The Morgan fingerprint density at radius 1 is 1.17 bits per heavy atom. The van der Waals surface area contributed by atoms with E-state index in [4.69, 9.17) is 14.6 Å². The van der Waals surface area contributed by atoms with Gasteiger partial charge in [-0.2, -0.15) is 5.10 Å². The molecular weight excluding hydrogens is 330 g/mol. The van der Waals surface area contributed by atoms with E-state index in [2.05, 4.69) is 16.5 Å². The minimum Gasteiger partial charge on any atom is -0.486 e. The Morgan fingerprint density at radius 2 is 1.92 bits per heavy atom. The standard InChI is InChI=1S/C17H23N3O3.ClH/c1-12-15(13(2)20(19-12)5-6-21)11-18-10-14-3-4-16-17(9-14)23-8-7-22-16;/h3-4,9,18,21H,5-8,10-11H2,1-2H3;1H. The molecule has 1 aliphatic rings. The van der Waals surface area contributed by atoms with Gasteiger partial charge in [-0.25, -0.2) is 0 Å². The van der Waals surface area contributed by atoms with Gasteiger partial charge < -0.3 is 19.9 Å². The van der Waals surface area contributed by atoms with Crippen molar-refractivity contribution in [3.05, 3.63) is 40.7 Å². The molecule has 0 radical (unpaired) electrons. The van der Waals surface area contributed by atoms with Crippen LogP contribution in [0.5, 0.6) is 11.5 Å². The quantitative estimate of drug-likeness (QED) is 0.831. The minimum atomic E-state index is 0. The predicted octanol–water partition coefficient (Wildman–Crippen LogP) is 1.98. The highest BCUT2D eigenvalue weighted by molar-refractivity contribution is 5.85. The van der Waals surface area contributed by atoms with E-state index in [0.717, 1.165) is 41.5 Å². The zero-order valence-electron chi connectivity index (χ0n) is 14.0. The molecule has 0 fully saturated rings. The van der Waals surface area contributed by atoms with Crippen molar-refractivity contribution in [1.82, 2.24) is 15.1 Å². The first-order valence-corrected chi connectivity index (χ1v) is 7.92. The normalized spacial score (nSPS) is 12.8. The predicted molar refractivity (Wildman–Crippen MR) is 94.0 cm³/mol. The molecule has 0 atom stereocenters. The summed E-state index contributed by atoms with van der Waals surface area (Å²) in [5.74, 6) is 1.63. The Hall–Kier alpha value is -1.76. The maximum atomic E-state index is 9.07. The van der Waals surface area contributed by atoms with Gasteiger partial charge in [0, 0.05) is 24.3 Å². The number of aromatic nitrogens is 2. The van der Waals surface area contributed by atoms with Gasteiger partial charge in [-0.15, -0.1) is 12.4 Å². The van der Waals surface area contributed by atoms with Crippen LogP contribution in [-0.4, -0.2) is 34.7 Å². The van der Waals surface area contributed by atoms with Gasteiger partial charge in [0.25, 0.3) is 0 Å². The third-order valence-electron chi connectivity index (χ3n) is 4.08. The highest BCUT2D eigenvalue weighted by Gasteiger charge is 2.13. The number of aliphatic hydroxyl groups excluding tert-OH is 1. The lowest BCUT2D eigenvalue weighted by Crippen LogP contribution is -2.17. The van der Waals surface area contributed by atoms with Crippen molar-refractivity contribution in [2.75, 3.05) is 19.8 Å². The fourth-order valence-electron chi connectivity index (χ4n) is 2.83. The molecule has 2 aromatic rings. The molecule has 0 unspecified atom stereocenters. The van der Waals surface area contributed by atoms with Crippen molar-refractivity contribution in [1.29, 1.82) is 0 Å². The maximum absolute atomic E-state index is 9.07. The summed E-state index contributed by atoms with van der Waals surface area (Å²) in [7, 11) is 0. The van der Waals surface area contributed by atoms with E-state index < -0.39 is 0 Å². The molecule has 0 spiro atoms. The fourth-order valence-corrected chi connectivity index (χ4v) is 2.83. The summed E-state index contributed by atoms with van der Waals surface area (Å²) >= 11 is 0. The number of ether oxygens (including phenoxy) is 2. The second kappa shape index (κ2) is 8.37. The molecule has 0 bridgehead atoms. The van der Waals surface area contributed by atoms with Crippen molar-refractivity contribution >= 4 is 12.4 Å². The van der Waals surface area contributed by atoms with Crippen LogP contribution >= 0.6 is 12.4 Å². The smallest absolute Gasteiger partial charge is 0.161 e. The zero-order chi connectivity index (χ0) is 16.2. The molecule has 0 saturated heterocycles. The molecular formula is C17H24ClN3O3. The first-order chi connectivity index (χ1) is 11.2. The van der Waals surface area contributed by atoms with E-state index in [9.17, 15) is 0 Å². The average molecular weight is 354 g/mol. The van der Waals surface area contributed by atoms with Crippen LogP contribution < -0.4 is 14.8 Å². The second-order valence-corrected chi connectivity index (χ2v) is 5.68. The Balaban J connectivity index is 0.00000208. The summed E-state index contributed by atoms with van der Waals surface area (Å²) in [5.41, 5.74) is 4.46. The molecule has 0 saturated carbocycles. The number of aliphatic hydroxyl groups is 1. The summed E-state index contributed by atoms with van der Waals surface area (Å²) in [6.07, 6.45) is 0. The van der Waals surface area contributed by atoms with Gasteiger partial charge in [0.1, 0.15) is 13.2 Å². The third kappa shape index (κ3) is 4.01. The molecule has 7 heteroatoms. The van der Waals surface area contributed by atoms with Crippen molar-refractivity contribution in [3.63, 3.8) is 0 Å². The van der Waals surface area contributed by atoms with Crippen LogP contribution in [0.4, 0.5) is 0 Å². The zero-order valence-corrected chi connectivity index (χ0v) is 14.9. The summed E-state index contributed by atoms with van der Waals surface area (Å²) in [6.45, 7) is 7.39.